The molecule has 0 bridgehead atoms. The normalized spacial score (nSPS) is 26.0. The Kier molecular flexibility index (Phi) is 11.7. The van der Waals surface area contributed by atoms with Crippen LogP contribution < -0.4 is 15.4 Å². The highest BCUT2D eigenvalue weighted by Gasteiger charge is 2.47. The number of amides is 2. The van der Waals surface area contributed by atoms with Gasteiger partial charge in [0, 0.05) is 38.1 Å². The van der Waals surface area contributed by atoms with Gasteiger partial charge in [-0.1, -0.05) is 69.3 Å². The molecule has 2 aromatic rings. The van der Waals surface area contributed by atoms with Gasteiger partial charge in [-0.25, -0.2) is 0 Å². The predicted octanol–water partition coefficient (Wildman–Crippen LogP) is 4.50. The zero-order valence-corrected chi connectivity index (χ0v) is 26.0. The van der Waals surface area contributed by atoms with Crippen LogP contribution in [0.2, 0.25) is 0 Å². The number of Topliss-reactive ketones (excluding diaryl/α,β-unsaturated/α-hetero) is 1. The minimum absolute atomic E-state index is 0.0441. The lowest BCUT2D eigenvalue weighted by atomic mass is 9.90. The van der Waals surface area contributed by atoms with E-state index in [1.165, 1.54) is 6.08 Å². The molecule has 0 spiro atoms. The molecule has 1 saturated heterocycles. The Morgan fingerprint density at radius 1 is 0.977 bits per heavy atom. The molecule has 4 rings (SSSR count). The monoisotopic (exact) mass is 604 g/mol. The average molecular weight is 605 g/mol. The first-order chi connectivity index (χ1) is 21.1. The van der Waals surface area contributed by atoms with Crippen molar-refractivity contribution in [2.24, 2.45) is 17.8 Å². The molecule has 2 N–H and O–H groups in total. The van der Waals surface area contributed by atoms with Crippen LogP contribution in [-0.4, -0.2) is 55.5 Å². The van der Waals surface area contributed by atoms with Gasteiger partial charge in [0.15, 0.2) is 0 Å². The number of nitrogens with one attached hydrogen (secondary N) is 2. The van der Waals surface area contributed by atoms with Crippen molar-refractivity contribution in [3.05, 3.63) is 77.9 Å². The number of esters is 1. The molecular formula is C35H44N2O7. The van der Waals surface area contributed by atoms with Crippen LogP contribution in [0.5, 0.6) is 5.75 Å². The summed E-state index contributed by atoms with van der Waals surface area (Å²) in [5.74, 6) is -1.27. The summed E-state index contributed by atoms with van der Waals surface area (Å²) in [5, 5.41) is 5.58. The summed E-state index contributed by atoms with van der Waals surface area (Å²) in [6, 6.07) is 16.3. The van der Waals surface area contributed by atoms with Crippen molar-refractivity contribution < 1.29 is 33.4 Å². The van der Waals surface area contributed by atoms with Gasteiger partial charge in [0.1, 0.15) is 29.8 Å². The molecular weight excluding hydrogens is 560 g/mol. The maximum atomic E-state index is 13.5. The third-order valence-corrected chi connectivity index (χ3v) is 8.16. The number of benzene rings is 2. The number of methoxy groups -OCH3 is 1. The van der Waals surface area contributed by atoms with Crippen LogP contribution >= 0.6 is 0 Å². The third-order valence-electron chi connectivity index (χ3n) is 8.16. The van der Waals surface area contributed by atoms with E-state index in [1.807, 2.05) is 63.2 Å². The summed E-state index contributed by atoms with van der Waals surface area (Å²) < 4.78 is 17.3. The van der Waals surface area contributed by atoms with Gasteiger partial charge in [-0.3, -0.25) is 19.2 Å². The molecule has 0 radical (unpaired) electrons. The molecule has 0 unspecified atom stereocenters. The molecule has 6 atom stereocenters. The Balaban J connectivity index is 1.54. The van der Waals surface area contributed by atoms with E-state index in [0.29, 0.717) is 12.2 Å². The van der Waals surface area contributed by atoms with Crippen LogP contribution in [-0.2, 0) is 35.1 Å². The minimum atomic E-state index is -0.851. The maximum Gasteiger partial charge on any atom is 0.309 e. The first kappa shape index (κ1) is 32.9. The molecule has 0 aromatic heterocycles. The highest BCUT2D eigenvalue weighted by molar-refractivity contribution is 5.93. The Hall–Kier alpha value is -3.98. The molecule has 9 heteroatoms. The first-order valence-corrected chi connectivity index (χ1v) is 15.4. The number of epoxide rings is 1. The van der Waals surface area contributed by atoms with E-state index in [4.69, 9.17) is 14.2 Å². The lowest BCUT2D eigenvalue weighted by Gasteiger charge is -2.26. The zero-order chi connectivity index (χ0) is 31.6. The Morgan fingerprint density at radius 2 is 1.70 bits per heavy atom. The Labute approximate surface area is 259 Å². The molecule has 44 heavy (non-hydrogen) atoms. The number of carbonyl (C=O) groups is 4. The molecule has 0 saturated carbocycles. The van der Waals surface area contributed by atoms with Gasteiger partial charge in [0.05, 0.1) is 19.1 Å². The Bertz CT molecular complexity index is 1310. The summed E-state index contributed by atoms with van der Waals surface area (Å²) in [6.07, 6.45) is 3.40. The lowest BCUT2D eigenvalue weighted by Crippen LogP contribution is -2.48. The molecule has 1 fully saturated rings. The van der Waals surface area contributed by atoms with Crippen molar-refractivity contribution in [2.45, 2.75) is 77.2 Å². The maximum absolute atomic E-state index is 13.5. The quantitative estimate of drug-likeness (QED) is 0.336. The van der Waals surface area contributed by atoms with Crippen molar-refractivity contribution in [2.75, 3.05) is 13.7 Å². The van der Waals surface area contributed by atoms with E-state index in [9.17, 15) is 19.2 Å². The molecule has 2 amide bonds. The average Bonchev–Trinajstić information content (AvgIpc) is 3.81. The fraction of sp³-hybridized carbons (Fsp3) is 0.486. The van der Waals surface area contributed by atoms with Gasteiger partial charge >= 0.3 is 5.97 Å². The summed E-state index contributed by atoms with van der Waals surface area (Å²) >= 11 is 0. The molecule has 2 aliphatic rings. The van der Waals surface area contributed by atoms with E-state index >= 15 is 0 Å². The molecule has 2 aromatic carbocycles. The van der Waals surface area contributed by atoms with Crippen molar-refractivity contribution in [1.29, 1.82) is 0 Å². The van der Waals surface area contributed by atoms with Gasteiger partial charge in [0.25, 0.3) is 0 Å². The zero-order valence-electron chi connectivity index (χ0n) is 26.0. The number of carbonyl (C=O) groups excluding carboxylic acids is 4. The summed E-state index contributed by atoms with van der Waals surface area (Å²) in [4.78, 5) is 52.6. The number of hydrogen-bond acceptors (Lipinski definition) is 7. The van der Waals surface area contributed by atoms with Gasteiger partial charge in [-0.15, -0.1) is 0 Å². The summed E-state index contributed by atoms with van der Waals surface area (Å²) in [6.45, 7) is 6.09. The third kappa shape index (κ3) is 9.51. The minimum Gasteiger partial charge on any atom is -0.497 e. The number of ketones is 1. The van der Waals surface area contributed by atoms with E-state index < -0.39 is 29.9 Å². The highest BCUT2D eigenvalue weighted by Crippen LogP contribution is 2.45. The first-order valence-electron chi connectivity index (χ1n) is 15.4. The van der Waals surface area contributed by atoms with Gasteiger partial charge in [-0.05, 0) is 41.7 Å². The van der Waals surface area contributed by atoms with E-state index in [2.05, 4.69) is 10.6 Å². The lowest BCUT2D eigenvalue weighted by molar-refractivity contribution is -0.158. The van der Waals surface area contributed by atoms with E-state index in [-0.39, 0.29) is 68.0 Å². The fourth-order valence-electron chi connectivity index (χ4n) is 5.65. The van der Waals surface area contributed by atoms with Gasteiger partial charge in [0.2, 0.25) is 11.8 Å². The molecule has 2 heterocycles. The molecule has 236 valence electrons. The second-order valence-corrected chi connectivity index (χ2v) is 12.1. The second-order valence-electron chi connectivity index (χ2n) is 12.1. The van der Waals surface area contributed by atoms with E-state index in [0.717, 1.165) is 11.1 Å². The van der Waals surface area contributed by atoms with Crippen LogP contribution in [0.25, 0.3) is 0 Å². The van der Waals surface area contributed by atoms with Crippen molar-refractivity contribution in [3.8, 4) is 5.75 Å². The Morgan fingerprint density at radius 3 is 2.39 bits per heavy atom. The van der Waals surface area contributed by atoms with Crippen molar-refractivity contribution >= 4 is 23.6 Å². The number of cyclic esters (lactones) is 1. The van der Waals surface area contributed by atoms with Crippen molar-refractivity contribution in [3.63, 3.8) is 0 Å². The number of ether oxygens (including phenoxy) is 3. The van der Waals surface area contributed by atoms with Crippen LogP contribution in [0.3, 0.4) is 0 Å². The van der Waals surface area contributed by atoms with Crippen molar-refractivity contribution in [1.82, 2.24) is 10.6 Å². The van der Waals surface area contributed by atoms with Crippen LogP contribution in [0, 0.1) is 17.8 Å². The largest absolute Gasteiger partial charge is 0.497 e. The number of hydrogen-bond donors (Lipinski definition) is 2. The standard InChI is InChI=1S/C35H44N2O7/c1-22(2)19-26-21-27(38)17-18-36-34(40)29(20-24-13-15-28(42-4)16-14-24)37-31(39)12-8-11-30(43-35(26)41)23(3)32-33(44-32)25-9-6-5-7-10-25/h5-10,12-16,22-23,26,29-30,32-33H,11,17-21H2,1-4H3,(H,36,40)(H,37,39)/t23-,26+,29+,30-,32+,33+/m0/s1. The van der Waals surface area contributed by atoms with Gasteiger partial charge in [-0.2, -0.15) is 0 Å². The van der Waals surface area contributed by atoms with E-state index in [1.54, 1.807) is 25.3 Å². The fourth-order valence-corrected chi connectivity index (χ4v) is 5.65. The van der Waals surface area contributed by atoms with Crippen LogP contribution in [0.1, 0.15) is 63.7 Å². The predicted molar refractivity (Wildman–Crippen MR) is 166 cm³/mol. The summed E-state index contributed by atoms with van der Waals surface area (Å²) in [5.41, 5.74) is 1.90. The second kappa shape index (κ2) is 15.7. The van der Waals surface area contributed by atoms with Gasteiger partial charge < -0.3 is 24.8 Å². The topological polar surface area (TPSA) is 123 Å². The molecule has 9 nitrogen and oxygen atoms in total. The molecule has 2 aliphatic heterocycles. The SMILES string of the molecule is COc1ccc(C[C@H]2NC(=O)C=CC[C@@H]([C@H](C)[C@H]3O[C@@H]3c3ccccc3)OC(=O)[C@H](CC(C)C)CC(=O)CCNC2=O)cc1. The molecule has 0 aliphatic carbocycles. The highest BCUT2D eigenvalue weighted by atomic mass is 16.6. The summed E-state index contributed by atoms with van der Waals surface area (Å²) in [7, 11) is 1.58. The van der Waals surface area contributed by atoms with Crippen LogP contribution in [0.4, 0.5) is 0 Å². The van der Waals surface area contributed by atoms with Crippen LogP contribution in [0.15, 0.2) is 66.7 Å². The number of rotatable bonds is 8. The smallest absolute Gasteiger partial charge is 0.309 e.